The zero-order chi connectivity index (χ0) is 52.9. The Morgan fingerprint density at radius 1 is 0.325 bits per heavy atom. The minimum atomic E-state index is -0.724. The lowest BCUT2D eigenvalue weighted by molar-refractivity contribution is 0.146. The van der Waals surface area contributed by atoms with E-state index in [1.54, 1.807) is 7.11 Å². The van der Waals surface area contributed by atoms with Crippen LogP contribution in [0.5, 0.6) is 23.0 Å². The van der Waals surface area contributed by atoms with Crippen molar-refractivity contribution >= 4 is 43.1 Å². The maximum Gasteiger partial charge on any atom is 0.120 e. The molecule has 0 amide bonds. The fourth-order valence-corrected chi connectivity index (χ4v) is 13.1. The summed E-state index contributed by atoms with van der Waals surface area (Å²) >= 11 is 0. The van der Waals surface area contributed by atoms with Crippen molar-refractivity contribution in [1.82, 2.24) is 0 Å². The first kappa shape index (κ1) is 47.5. The highest BCUT2D eigenvalue weighted by Gasteiger charge is 2.51. The van der Waals surface area contributed by atoms with Gasteiger partial charge in [-0.2, -0.15) is 0 Å². The minimum absolute atomic E-state index is 0.175. The first-order chi connectivity index (χ1) is 39.5. The molecule has 3 heterocycles. The molecule has 3 aliphatic heterocycles. The van der Waals surface area contributed by atoms with Gasteiger partial charge in [-0.25, -0.2) is 0 Å². The number of methoxy groups -OCH3 is 1. The zero-order valence-electron chi connectivity index (χ0n) is 44.3. The van der Waals surface area contributed by atoms with Crippen molar-refractivity contribution < 1.29 is 37.9 Å². The van der Waals surface area contributed by atoms with Crippen LogP contribution in [0.2, 0.25) is 0 Å². The lowest BCUT2D eigenvalue weighted by Crippen LogP contribution is -2.30. The van der Waals surface area contributed by atoms with Gasteiger partial charge in [-0.15, -0.1) is 0 Å². The third-order valence-electron chi connectivity index (χ3n) is 17.3. The molecule has 11 aromatic carbocycles. The monoisotopic (exact) mass is 1050 g/mol. The van der Waals surface area contributed by atoms with Gasteiger partial charge in [0.05, 0.1) is 37.3 Å². The van der Waals surface area contributed by atoms with Crippen LogP contribution in [0.1, 0.15) is 44.5 Å². The van der Waals surface area contributed by atoms with Crippen molar-refractivity contribution in [2.24, 2.45) is 0 Å². The SMILES string of the molecule is COCCOc1ccc2cc(C3(c4ccc5cc(OCC6CO6)ccc5c4)c4ccccc4-c4cc5c(cc43)-c3ccccc3C5(c3ccc4cc(OCC5CO5)ccc4c3)c3ccc4cc(OCC5CO5)ccc4c3)ccc2c1. The summed E-state index contributed by atoms with van der Waals surface area (Å²) in [5.41, 5.74) is 13.2. The quantitative estimate of drug-likeness (QED) is 0.0659. The molecule has 2 aliphatic carbocycles. The minimum Gasteiger partial charge on any atom is -0.491 e. The Hall–Kier alpha value is -8.50. The molecule has 3 saturated heterocycles. The topological polar surface area (TPSA) is 83.7 Å². The summed E-state index contributed by atoms with van der Waals surface area (Å²) in [6, 6.07) is 77.3. The Morgan fingerprint density at radius 2 is 0.637 bits per heavy atom. The summed E-state index contributed by atoms with van der Waals surface area (Å²) < 4.78 is 46.5. The number of epoxide rings is 3. The van der Waals surface area contributed by atoms with Gasteiger partial charge in [-0.05, 0) is 195 Å². The summed E-state index contributed by atoms with van der Waals surface area (Å²) in [4.78, 5) is 0. The molecule has 4 unspecified atom stereocenters. The predicted molar refractivity (Wildman–Crippen MR) is 314 cm³/mol. The summed E-state index contributed by atoms with van der Waals surface area (Å²) in [6.07, 6.45) is 0.526. The van der Waals surface area contributed by atoms with Crippen LogP contribution in [0.4, 0.5) is 0 Å². The van der Waals surface area contributed by atoms with Crippen LogP contribution < -0.4 is 18.9 Å². The van der Waals surface area contributed by atoms with E-state index in [-0.39, 0.29) is 18.3 Å². The predicted octanol–water partition coefficient (Wildman–Crippen LogP) is 14.4. The normalized spacial score (nSPS) is 20.8. The van der Waals surface area contributed by atoms with Crippen LogP contribution in [0, 0.1) is 0 Å². The molecule has 3 fully saturated rings. The van der Waals surface area contributed by atoms with E-state index in [0.717, 1.165) is 85.9 Å². The maximum absolute atomic E-state index is 6.21. The second-order valence-corrected chi connectivity index (χ2v) is 22.1. The van der Waals surface area contributed by atoms with Crippen LogP contribution >= 0.6 is 0 Å². The summed E-state index contributed by atoms with van der Waals surface area (Å²) in [7, 11) is 1.70. The molecular weight excluding hydrogens is 993 g/mol. The fraction of sp³-hybridized carbons (Fsp3) is 0.194. The van der Waals surface area contributed by atoms with E-state index in [0.29, 0.717) is 33.0 Å². The third kappa shape index (κ3) is 7.95. The highest BCUT2D eigenvalue weighted by atomic mass is 16.6. The van der Waals surface area contributed by atoms with Gasteiger partial charge in [0.25, 0.3) is 0 Å². The van der Waals surface area contributed by atoms with E-state index in [1.807, 2.05) is 0 Å². The molecule has 0 bridgehead atoms. The van der Waals surface area contributed by atoms with Crippen molar-refractivity contribution in [2.45, 2.75) is 29.1 Å². The molecule has 0 aromatic heterocycles. The fourth-order valence-electron chi connectivity index (χ4n) is 13.1. The standard InChI is InChI=1S/C72H56O8/c1-73-26-27-74-56-22-14-44-28-52(18-10-48(44)32-56)71(53-19-11-49-33-57(23-15-45(49)29-53)75-38-60-41-78-60)67-8-4-2-6-63(67)65-37-70-66(36-69(65)71)64-7-3-5-9-68(64)72(70,54-20-12-50-34-58(24-16-46(50)30-54)76-39-61-42-79-61)55-21-13-51-35-59(25-17-47(51)31-55)77-40-62-43-80-62/h2-25,28-37,60-62H,26-27,38-43H2,1H3. The van der Waals surface area contributed by atoms with Crippen molar-refractivity contribution in [3.05, 3.63) is 251 Å². The van der Waals surface area contributed by atoms with Gasteiger partial charge in [0.15, 0.2) is 0 Å². The van der Waals surface area contributed by atoms with Gasteiger partial charge in [0.2, 0.25) is 0 Å². The molecule has 4 atom stereocenters. The van der Waals surface area contributed by atoms with Gasteiger partial charge < -0.3 is 37.9 Å². The average molecular weight is 1050 g/mol. The van der Waals surface area contributed by atoms with Gasteiger partial charge in [0.1, 0.15) is 67.7 Å². The number of rotatable bonds is 17. The third-order valence-corrected chi connectivity index (χ3v) is 17.3. The van der Waals surface area contributed by atoms with Gasteiger partial charge in [0, 0.05) is 7.11 Å². The largest absolute Gasteiger partial charge is 0.491 e. The smallest absolute Gasteiger partial charge is 0.120 e. The summed E-state index contributed by atoms with van der Waals surface area (Å²) in [5, 5.41) is 9.05. The van der Waals surface area contributed by atoms with Crippen LogP contribution in [-0.2, 0) is 29.8 Å². The van der Waals surface area contributed by atoms with Crippen LogP contribution in [0.15, 0.2) is 206 Å². The Labute approximate surface area is 463 Å². The molecule has 8 heteroatoms. The molecule has 0 N–H and O–H groups in total. The highest BCUT2D eigenvalue weighted by Crippen LogP contribution is 2.63. The number of hydrogen-bond acceptors (Lipinski definition) is 8. The summed E-state index contributed by atoms with van der Waals surface area (Å²) in [5.74, 6) is 3.36. The molecule has 11 aromatic rings. The molecular formula is C72H56O8. The Morgan fingerprint density at radius 3 is 0.975 bits per heavy atom. The Balaban J connectivity index is 0.927. The second kappa shape index (κ2) is 18.8. The van der Waals surface area contributed by atoms with Gasteiger partial charge >= 0.3 is 0 Å². The van der Waals surface area contributed by atoms with Crippen LogP contribution in [-0.4, -0.2) is 78.3 Å². The lowest BCUT2D eigenvalue weighted by Gasteiger charge is -2.36. The molecule has 392 valence electrons. The summed E-state index contributed by atoms with van der Waals surface area (Å²) in [6.45, 7) is 4.94. The van der Waals surface area contributed by atoms with E-state index < -0.39 is 10.8 Å². The average Bonchev–Trinajstić information content (AvgIpc) is 4.15. The zero-order valence-corrected chi connectivity index (χ0v) is 44.3. The number of benzene rings is 11. The van der Waals surface area contributed by atoms with E-state index in [9.17, 15) is 0 Å². The molecule has 8 nitrogen and oxygen atoms in total. The Kier molecular flexibility index (Phi) is 11.2. The second-order valence-electron chi connectivity index (χ2n) is 22.1. The van der Waals surface area contributed by atoms with Crippen molar-refractivity contribution in [2.75, 3.05) is 60.0 Å². The molecule has 16 rings (SSSR count). The van der Waals surface area contributed by atoms with Crippen molar-refractivity contribution in [3.63, 3.8) is 0 Å². The number of hydrogen-bond donors (Lipinski definition) is 0. The molecule has 0 spiro atoms. The first-order valence-electron chi connectivity index (χ1n) is 27.9. The number of ether oxygens (including phenoxy) is 8. The van der Waals surface area contributed by atoms with Gasteiger partial charge in [-0.1, -0.05) is 121 Å². The molecule has 0 saturated carbocycles. The van der Waals surface area contributed by atoms with Gasteiger partial charge in [-0.3, -0.25) is 0 Å². The van der Waals surface area contributed by atoms with E-state index in [4.69, 9.17) is 37.9 Å². The highest BCUT2D eigenvalue weighted by molar-refractivity contribution is 5.98. The van der Waals surface area contributed by atoms with E-state index in [2.05, 4.69) is 206 Å². The van der Waals surface area contributed by atoms with Crippen LogP contribution in [0.3, 0.4) is 0 Å². The molecule has 80 heavy (non-hydrogen) atoms. The maximum atomic E-state index is 6.21. The van der Waals surface area contributed by atoms with Crippen molar-refractivity contribution in [1.29, 1.82) is 0 Å². The van der Waals surface area contributed by atoms with Crippen LogP contribution in [0.25, 0.3) is 65.3 Å². The lowest BCUT2D eigenvalue weighted by atomic mass is 9.65. The first-order valence-corrected chi connectivity index (χ1v) is 27.9. The van der Waals surface area contributed by atoms with E-state index in [1.165, 1.54) is 66.8 Å². The van der Waals surface area contributed by atoms with E-state index >= 15 is 0 Å². The molecule has 0 radical (unpaired) electrons. The van der Waals surface area contributed by atoms with Crippen molar-refractivity contribution in [3.8, 4) is 45.3 Å². The number of fused-ring (bicyclic) bond motifs is 10. The Bertz CT molecular complexity index is 4190. The molecule has 5 aliphatic rings.